The SMILES string of the molecule is CCC/C=C1\OC(=O)C2=CC3CCC21[C@]1(OC(=O)C2=C1CCC=C2)[C@H]3CCC. The van der Waals surface area contributed by atoms with E-state index in [1.807, 2.05) is 6.08 Å². The molecule has 0 aromatic rings. The van der Waals surface area contributed by atoms with Crippen LogP contribution in [-0.4, -0.2) is 17.5 Å². The minimum absolute atomic E-state index is 0.206. The van der Waals surface area contributed by atoms with E-state index < -0.39 is 11.0 Å². The van der Waals surface area contributed by atoms with E-state index in [-0.39, 0.29) is 23.8 Å². The molecule has 0 aromatic heterocycles. The van der Waals surface area contributed by atoms with Crippen LogP contribution in [0.1, 0.15) is 65.2 Å². The van der Waals surface area contributed by atoms with Gasteiger partial charge in [-0.3, -0.25) is 0 Å². The lowest BCUT2D eigenvalue weighted by Crippen LogP contribution is -2.63. The number of rotatable bonds is 4. The second kappa shape index (κ2) is 6.20. The van der Waals surface area contributed by atoms with Crippen molar-refractivity contribution in [3.05, 3.63) is 46.8 Å². The number of cyclic esters (lactones) is 1. The van der Waals surface area contributed by atoms with Crippen LogP contribution in [0.25, 0.3) is 0 Å². The van der Waals surface area contributed by atoms with Crippen LogP contribution in [0.15, 0.2) is 46.8 Å². The Bertz CT molecular complexity index is 873. The smallest absolute Gasteiger partial charge is 0.340 e. The van der Waals surface area contributed by atoms with Gasteiger partial charge in [-0.15, -0.1) is 0 Å². The van der Waals surface area contributed by atoms with Crippen molar-refractivity contribution in [1.82, 2.24) is 0 Å². The maximum atomic E-state index is 13.0. The van der Waals surface area contributed by atoms with E-state index in [4.69, 9.17) is 9.47 Å². The number of hydrogen-bond acceptors (Lipinski definition) is 4. The Balaban J connectivity index is 1.80. The normalized spacial score (nSPS) is 39.4. The third-order valence-electron chi connectivity index (χ3n) is 7.52. The molecule has 2 bridgehead atoms. The van der Waals surface area contributed by atoms with Gasteiger partial charge in [-0.1, -0.05) is 44.9 Å². The van der Waals surface area contributed by atoms with E-state index in [0.717, 1.165) is 73.8 Å². The first-order valence-electron chi connectivity index (χ1n) is 10.9. The number of hydrogen-bond donors (Lipinski definition) is 0. The summed E-state index contributed by atoms with van der Waals surface area (Å²) in [5.74, 6) is 0.749. The molecule has 1 saturated carbocycles. The molecule has 0 N–H and O–H groups in total. The number of carbonyl (C=O) groups is 2. The number of allylic oxidation sites excluding steroid dienone is 3. The van der Waals surface area contributed by atoms with Crippen molar-refractivity contribution in [2.24, 2.45) is 17.3 Å². The van der Waals surface area contributed by atoms with Crippen LogP contribution in [0, 0.1) is 17.3 Å². The summed E-state index contributed by atoms with van der Waals surface area (Å²) in [5, 5.41) is 0. The van der Waals surface area contributed by atoms with Gasteiger partial charge in [0.1, 0.15) is 11.2 Å². The van der Waals surface area contributed by atoms with Crippen molar-refractivity contribution in [2.45, 2.75) is 70.8 Å². The molecule has 2 aliphatic heterocycles. The van der Waals surface area contributed by atoms with Crippen molar-refractivity contribution in [3.63, 3.8) is 0 Å². The van der Waals surface area contributed by atoms with E-state index in [2.05, 4.69) is 32.1 Å². The van der Waals surface area contributed by atoms with Gasteiger partial charge in [-0.05, 0) is 56.1 Å². The quantitative estimate of drug-likeness (QED) is 0.650. The molecule has 0 radical (unpaired) electrons. The summed E-state index contributed by atoms with van der Waals surface area (Å²) < 4.78 is 12.3. The Kier molecular flexibility index (Phi) is 3.98. The molecule has 2 heterocycles. The van der Waals surface area contributed by atoms with Crippen molar-refractivity contribution in [2.75, 3.05) is 0 Å². The van der Waals surface area contributed by atoms with Gasteiger partial charge in [0.25, 0.3) is 0 Å². The molecule has 148 valence electrons. The van der Waals surface area contributed by atoms with Crippen LogP contribution < -0.4 is 0 Å². The molecule has 4 atom stereocenters. The van der Waals surface area contributed by atoms with E-state index in [1.54, 1.807) is 0 Å². The highest BCUT2D eigenvalue weighted by molar-refractivity contribution is 6.00. The standard InChI is InChI=1S/C24H28O4/c1-3-5-11-20-23-13-12-15(14-19(23)22(26)27-20)17(8-4-2)24(23)18-10-7-6-9-16(18)21(25)28-24/h6,9,11,14-15,17H,3-5,7-8,10,12-13H2,1-2H3/b20-11-/t15?,17-,23?,24-/m0/s1. The third-order valence-corrected chi connectivity index (χ3v) is 7.52. The lowest BCUT2D eigenvalue weighted by Gasteiger charge is -2.59. The molecule has 2 spiro atoms. The summed E-state index contributed by atoms with van der Waals surface area (Å²) in [6.07, 6.45) is 15.7. The Labute approximate surface area is 166 Å². The topological polar surface area (TPSA) is 52.6 Å². The molecule has 1 saturated heterocycles. The van der Waals surface area contributed by atoms with Crippen molar-refractivity contribution < 1.29 is 19.1 Å². The molecule has 2 unspecified atom stereocenters. The average Bonchev–Trinajstić information content (AvgIpc) is 3.17. The highest BCUT2D eigenvalue weighted by Gasteiger charge is 2.75. The molecule has 0 amide bonds. The van der Waals surface area contributed by atoms with E-state index in [9.17, 15) is 9.59 Å². The zero-order valence-electron chi connectivity index (χ0n) is 16.8. The molecule has 6 rings (SSSR count). The third kappa shape index (κ3) is 1.96. The van der Waals surface area contributed by atoms with Crippen LogP contribution in [0.2, 0.25) is 0 Å². The second-order valence-electron chi connectivity index (χ2n) is 8.79. The predicted molar refractivity (Wildman–Crippen MR) is 105 cm³/mol. The fourth-order valence-electron chi connectivity index (χ4n) is 6.57. The highest BCUT2D eigenvalue weighted by Crippen LogP contribution is 2.71. The Morgan fingerprint density at radius 1 is 1.21 bits per heavy atom. The minimum Gasteiger partial charge on any atom is -0.449 e. The Morgan fingerprint density at radius 2 is 2.07 bits per heavy atom. The lowest BCUT2D eigenvalue weighted by atomic mass is 9.45. The monoisotopic (exact) mass is 380 g/mol. The zero-order chi connectivity index (χ0) is 19.5. The van der Waals surface area contributed by atoms with Crippen LogP contribution in [-0.2, 0) is 19.1 Å². The molecule has 0 aromatic carbocycles. The maximum Gasteiger partial charge on any atom is 0.340 e. The van der Waals surface area contributed by atoms with Crippen LogP contribution in [0.4, 0.5) is 0 Å². The van der Waals surface area contributed by atoms with E-state index in [0.29, 0.717) is 0 Å². The molecule has 6 aliphatic rings. The highest BCUT2D eigenvalue weighted by atomic mass is 16.6. The fraction of sp³-hybridized carbons (Fsp3) is 0.583. The number of ether oxygens (including phenoxy) is 2. The molecular formula is C24H28O4. The summed E-state index contributed by atoms with van der Waals surface area (Å²) in [6.45, 7) is 4.31. The van der Waals surface area contributed by atoms with Crippen LogP contribution in [0.5, 0.6) is 0 Å². The first-order valence-corrected chi connectivity index (χ1v) is 10.9. The molecule has 4 heteroatoms. The number of carbonyl (C=O) groups excluding carboxylic acids is 2. The summed E-state index contributed by atoms with van der Waals surface area (Å²) in [6, 6.07) is 0. The van der Waals surface area contributed by atoms with Gasteiger partial charge in [0.2, 0.25) is 0 Å². The minimum atomic E-state index is -0.751. The summed E-state index contributed by atoms with van der Waals surface area (Å²) in [7, 11) is 0. The molecule has 28 heavy (non-hydrogen) atoms. The summed E-state index contributed by atoms with van der Waals surface area (Å²) >= 11 is 0. The van der Waals surface area contributed by atoms with Gasteiger partial charge in [0, 0.05) is 5.92 Å². The van der Waals surface area contributed by atoms with Gasteiger partial charge in [0.05, 0.1) is 11.1 Å². The van der Waals surface area contributed by atoms with E-state index in [1.165, 1.54) is 0 Å². The summed E-state index contributed by atoms with van der Waals surface area (Å²) in [5.41, 5.74) is 1.21. The number of esters is 2. The van der Waals surface area contributed by atoms with Crippen molar-refractivity contribution >= 4 is 11.9 Å². The average molecular weight is 380 g/mol. The fourth-order valence-corrected chi connectivity index (χ4v) is 6.57. The van der Waals surface area contributed by atoms with Gasteiger partial charge < -0.3 is 9.47 Å². The Morgan fingerprint density at radius 3 is 2.86 bits per heavy atom. The Hall–Kier alpha value is -2.10. The first kappa shape index (κ1) is 18.0. The van der Waals surface area contributed by atoms with Crippen molar-refractivity contribution in [3.8, 4) is 0 Å². The second-order valence-corrected chi connectivity index (χ2v) is 8.79. The van der Waals surface area contributed by atoms with Crippen molar-refractivity contribution in [1.29, 1.82) is 0 Å². The summed E-state index contributed by atoms with van der Waals surface area (Å²) in [4.78, 5) is 25.9. The van der Waals surface area contributed by atoms with E-state index >= 15 is 0 Å². The lowest BCUT2D eigenvalue weighted by molar-refractivity contribution is -0.176. The first-order chi connectivity index (χ1) is 13.6. The number of fused-ring (bicyclic) bond motifs is 1. The van der Waals surface area contributed by atoms with Crippen LogP contribution in [0.3, 0.4) is 0 Å². The molecule has 2 fully saturated rings. The number of unbranched alkanes of at least 4 members (excludes halogenated alkanes) is 1. The molecule has 4 aliphatic carbocycles. The largest absolute Gasteiger partial charge is 0.449 e. The van der Waals surface area contributed by atoms with Gasteiger partial charge in [-0.25, -0.2) is 9.59 Å². The zero-order valence-corrected chi connectivity index (χ0v) is 16.8. The molecular weight excluding hydrogens is 352 g/mol. The maximum absolute atomic E-state index is 13.0. The van der Waals surface area contributed by atoms with Gasteiger partial charge >= 0.3 is 11.9 Å². The predicted octanol–water partition coefficient (Wildman–Crippen LogP) is 4.92. The van der Waals surface area contributed by atoms with Gasteiger partial charge in [0.15, 0.2) is 5.60 Å². The molecule has 4 nitrogen and oxygen atoms in total. The van der Waals surface area contributed by atoms with Gasteiger partial charge in [-0.2, -0.15) is 0 Å². The van der Waals surface area contributed by atoms with Crippen LogP contribution >= 0.6 is 0 Å².